The van der Waals surface area contributed by atoms with Crippen molar-refractivity contribution in [1.29, 1.82) is 0 Å². The van der Waals surface area contributed by atoms with Gasteiger partial charge in [-0.1, -0.05) is 0 Å². The number of carbonyl (C=O) groups excluding carboxylic acids is 1. The number of cyclic esters (lactones) is 1. The summed E-state index contributed by atoms with van der Waals surface area (Å²) in [5, 5.41) is 29.2. The number of carboxylic acids is 1. The molecule has 206 valence electrons. The summed E-state index contributed by atoms with van der Waals surface area (Å²) in [6.07, 6.45) is 0.0471. The van der Waals surface area contributed by atoms with Gasteiger partial charge in [0.05, 0.1) is 30.0 Å². The van der Waals surface area contributed by atoms with Crippen molar-refractivity contribution in [3.05, 3.63) is 63.9 Å². The van der Waals surface area contributed by atoms with Crippen LogP contribution in [0.4, 0.5) is 25.0 Å². The van der Waals surface area contributed by atoms with Crippen molar-refractivity contribution in [2.75, 3.05) is 42.6 Å². The Hall–Kier alpha value is -4.23. The zero-order chi connectivity index (χ0) is 27.9. The van der Waals surface area contributed by atoms with Crippen molar-refractivity contribution in [2.24, 2.45) is 0 Å². The molecule has 0 aliphatic carbocycles. The largest absolute Gasteiger partial charge is 0.488 e. The van der Waals surface area contributed by atoms with Crippen LogP contribution in [0.3, 0.4) is 0 Å². The first-order valence-corrected chi connectivity index (χ1v) is 12.2. The van der Waals surface area contributed by atoms with Gasteiger partial charge in [-0.2, -0.15) is 0 Å². The Morgan fingerprint density at radius 2 is 1.90 bits per heavy atom. The maximum absolute atomic E-state index is 14.9. The number of nitrogens with zero attached hydrogens (tertiary/aromatic N) is 2. The Labute approximate surface area is 219 Å². The summed E-state index contributed by atoms with van der Waals surface area (Å²) in [7, 11) is 0. The van der Waals surface area contributed by atoms with E-state index in [1.54, 1.807) is 4.90 Å². The lowest BCUT2D eigenvalue weighted by molar-refractivity contribution is -0.0250. The maximum Gasteiger partial charge on any atom is 0.414 e. The van der Waals surface area contributed by atoms with Gasteiger partial charge in [0.25, 0.3) is 0 Å². The number of halogens is 2. The monoisotopic (exact) mass is 545 g/mol. The SMILES string of the molecule is O=C(O)c1c[nH]c2cc(N3CCC(O)(COc4ccc(N5CC(CO)OC5=O)cc4F)CC3)c(F)cc2c1=O. The molecule has 1 amide bonds. The van der Waals surface area contributed by atoms with Crippen LogP contribution in [-0.4, -0.2) is 76.9 Å². The molecule has 2 aliphatic rings. The molecule has 0 radical (unpaired) electrons. The highest BCUT2D eigenvalue weighted by Gasteiger charge is 2.35. The van der Waals surface area contributed by atoms with Crippen LogP contribution in [0, 0.1) is 11.6 Å². The first-order valence-electron chi connectivity index (χ1n) is 12.2. The summed E-state index contributed by atoms with van der Waals surface area (Å²) in [6.45, 7) is 0.000486. The van der Waals surface area contributed by atoms with Crippen LogP contribution < -0.4 is 20.0 Å². The molecule has 39 heavy (non-hydrogen) atoms. The lowest BCUT2D eigenvalue weighted by atomic mass is 9.92. The number of nitrogens with one attached hydrogen (secondary N) is 1. The van der Waals surface area contributed by atoms with Gasteiger partial charge in [0.15, 0.2) is 11.6 Å². The third-order valence-corrected chi connectivity index (χ3v) is 7.01. The number of aromatic amines is 1. The van der Waals surface area contributed by atoms with Crippen LogP contribution in [0.1, 0.15) is 23.2 Å². The van der Waals surface area contributed by atoms with Crippen molar-refractivity contribution >= 4 is 34.3 Å². The van der Waals surface area contributed by atoms with Crippen molar-refractivity contribution in [3.8, 4) is 5.75 Å². The summed E-state index contributed by atoms with van der Waals surface area (Å²) in [4.78, 5) is 41.1. The summed E-state index contributed by atoms with van der Waals surface area (Å²) < 4.78 is 40.1. The molecular weight excluding hydrogens is 520 g/mol. The third kappa shape index (κ3) is 5.10. The minimum atomic E-state index is -1.41. The zero-order valence-electron chi connectivity index (χ0n) is 20.5. The van der Waals surface area contributed by atoms with Gasteiger partial charge in [-0.3, -0.25) is 9.69 Å². The molecule has 1 aromatic heterocycles. The Balaban J connectivity index is 1.23. The molecule has 0 saturated carbocycles. The first kappa shape index (κ1) is 26.4. The van der Waals surface area contributed by atoms with E-state index in [0.717, 1.165) is 18.3 Å². The number of carbonyl (C=O) groups is 2. The average molecular weight is 545 g/mol. The molecule has 2 aliphatic heterocycles. The highest BCUT2D eigenvalue weighted by molar-refractivity contribution is 5.93. The van der Waals surface area contributed by atoms with E-state index in [1.165, 1.54) is 23.1 Å². The number of ether oxygens (including phenoxy) is 2. The van der Waals surface area contributed by atoms with Gasteiger partial charge in [-0.25, -0.2) is 18.4 Å². The number of hydrogen-bond acceptors (Lipinski definition) is 8. The van der Waals surface area contributed by atoms with Gasteiger partial charge in [0.2, 0.25) is 5.43 Å². The molecule has 11 nitrogen and oxygen atoms in total. The maximum atomic E-state index is 14.9. The molecule has 3 aromatic rings. The molecule has 2 saturated heterocycles. The molecule has 2 fully saturated rings. The molecule has 4 N–H and O–H groups in total. The number of aromatic carboxylic acids is 1. The second kappa shape index (κ2) is 10.2. The molecule has 0 spiro atoms. The number of rotatable bonds is 7. The summed E-state index contributed by atoms with van der Waals surface area (Å²) in [5.41, 5.74) is -1.88. The fraction of sp³-hybridized carbons (Fsp3) is 0.346. The lowest BCUT2D eigenvalue weighted by Crippen LogP contribution is -2.48. The lowest BCUT2D eigenvalue weighted by Gasteiger charge is -2.39. The van der Waals surface area contributed by atoms with Gasteiger partial charge >= 0.3 is 12.1 Å². The van der Waals surface area contributed by atoms with Gasteiger partial charge < -0.3 is 34.7 Å². The smallest absolute Gasteiger partial charge is 0.414 e. The van der Waals surface area contributed by atoms with E-state index in [2.05, 4.69) is 4.98 Å². The minimum absolute atomic E-state index is 0.0825. The molecule has 0 bridgehead atoms. The topological polar surface area (TPSA) is 153 Å². The third-order valence-electron chi connectivity index (χ3n) is 7.01. The van der Waals surface area contributed by atoms with E-state index in [1.807, 2.05) is 0 Å². The molecule has 1 unspecified atom stereocenters. The summed E-state index contributed by atoms with van der Waals surface area (Å²) in [5.74, 6) is -2.98. The number of piperidine rings is 1. The molecule has 5 rings (SSSR count). The van der Waals surface area contributed by atoms with Gasteiger partial charge in [-0.05, 0) is 37.1 Å². The number of aliphatic hydroxyl groups is 2. The Morgan fingerprint density at radius 3 is 2.54 bits per heavy atom. The average Bonchev–Trinajstić information content (AvgIpc) is 3.29. The predicted octanol–water partition coefficient (Wildman–Crippen LogP) is 2.23. The number of hydrogen-bond donors (Lipinski definition) is 4. The van der Waals surface area contributed by atoms with E-state index in [4.69, 9.17) is 19.7 Å². The number of pyridine rings is 1. The van der Waals surface area contributed by atoms with Gasteiger partial charge in [-0.15, -0.1) is 0 Å². The Bertz CT molecular complexity index is 1500. The van der Waals surface area contributed by atoms with Gasteiger partial charge in [0, 0.05) is 30.7 Å². The normalized spacial score (nSPS) is 18.9. The summed E-state index contributed by atoms with van der Waals surface area (Å²) >= 11 is 0. The van der Waals surface area contributed by atoms with Crippen LogP contribution in [0.2, 0.25) is 0 Å². The molecule has 3 heterocycles. The zero-order valence-corrected chi connectivity index (χ0v) is 20.5. The van der Waals surface area contributed by atoms with Crippen LogP contribution in [0.25, 0.3) is 10.9 Å². The molecular formula is C26H25F2N3O8. The standard InChI is InChI=1S/C26H25F2N3O8/c27-18-8-16-20(29-10-17(23(16)33)24(34)35)9-21(18)30-5-3-26(37,4-6-30)13-38-22-2-1-14(7-19(22)28)31-11-15(12-32)39-25(31)36/h1-2,7-10,15,32,37H,3-6,11-13H2,(H,29,33)(H,34,35). The molecule has 2 aromatic carbocycles. The van der Waals surface area contributed by atoms with Crippen LogP contribution in [-0.2, 0) is 4.74 Å². The van der Waals surface area contributed by atoms with Crippen LogP contribution in [0.5, 0.6) is 5.75 Å². The van der Waals surface area contributed by atoms with Crippen molar-refractivity contribution in [3.63, 3.8) is 0 Å². The van der Waals surface area contributed by atoms with E-state index in [0.29, 0.717) is 0 Å². The van der Waals surface area contributed by atoms with Crippen LogP contribution >= 0.6 is 0 Å². The molecule has 1 atom stereocenters. The number of benzene rings is 2. The highest BCUT2D eigenvalue weighted by Crippen LogP contribution is 2.32. The number of carboxylic acid groups (broad SMARTS) is 1. The quantitative estimate of drug-likeness (QED) is 0.350. The highest BCUT2D eigenvalue weighted by atomic mass is 19.1. The van der Waals surface area contributed by atoms with Crippen molar-refractivity contribution in [2.45, 2.75) is 24.5 Å². The van der Waals surface area contributed by atoms with E-state index >= 15 is 0 Å². The van der Waals surface area contributed by atoms with Crippen molar-refractivity contribution < 1.29 is 43.2 Å². The number of aliphatic hydroxyl groups excluding tert-OH is 1. The number of fused-ring (bicyclic) bond motifs is 1. The fourth-order valence-corrected chi connectivity index (χ4v) is 4.75. The van der Waals surface area contributed by atoms with Gasteiger partial charge in [0.1, 0.15) is 29.7 Å². The number of H-pyrrole nitrogens is 1. The minimum Gasteiger partial charge on any atom is -0.488 e. The first-order chi connectivity index (χ1) is 18.6. The Morgan fingerprint density at radius 1 is 1.15 bits per heavy atom. The summed E-state index contributed by atoms with van der Waals surface area (Å²) in [6, 6.07) is 6.34. The van der Waals surface area contributed by atoms with E-state index < -0.39 is 46.4 Å². The van der Waals surface area contributed by atoms with Crippen molar-refractivity contribution in [1.82, 2.24) is 4.98 Å². The van der Waals surface area contributed by atoms with E-state index in [-0.39, 0.29) is 73.7 Å². The van der Waals surface area contributed by atoms with Crippen LogP contribution in [0.15, 0.2) is 41.3 Å². The number of anilines is 2. The number of aromatic nitrogens is 1. The molecule has 13 heteroatoms. The second-order valence-electron chi connectivity index (χ2n) is 9.60. The van der Waals surface area contributed by atoms with E-state index in [9.17, 15) is 28.3 Å². The number of amides is 1. The second-order valence-corrected chi connectivity index (χ2v) is 9.60. The predicted molar refractivity (Wildman–Crippen MR) is 134 cm³/mol. The Kier molecular flexibility index (Phi) is 6.87. The fourth-order valence-electron chi connectivity index (χ4n) is 4.75.